The molecule has 0 aromatic heterocycles. The Morgan fingerprint density at radius 2 is 2.12 bits per heavy atom. The molecule has 0 N–H and O–H groups in total. The zero-order valence-electron chi connectivity index (χ0n) is 8.66. The summed E-state index contributed by atoms with van der Waals surface area (Å²) in [6.07, 6.45) is -4.25. The average molecular weight is 246 g/mol. The smallest absolute Gasteiger partial charge is 0.465 e. The van der Waals surface area contributed by atoms with Crippen LogP contribution in [0.1, 0.15) is 17.9 Å². The van der Waals surface area contributed by atoms with Crippen LogP contribution < -0.4 is 4.74 Å². The van der Waals surface area contributed by atoms with Crippen molar-refractivity contribution >= 4 is 5.97 Å². The fourth-order valence-corrected chi connectivity index (χ4v) is 1.73. The molecule has 0 aliphatic carbocycles. The van der Waals surface area contributed by atoms with E-state index in [0.717, 1.165) is 0 Å². The summed E-state index contributed by atoms with van der Waals surface area (Å²) in [5.74, 6) is -1.23. The molecule has 1 heterocycles. The molecular formula is C11H9F3O3. The fraction of sp³-hybridized carbons (Fsp3) is 0.364. The molecule has 0 bridgehead atoms. The summed E-state index contributed by atoms with van der Waals surface area (Å²) in [7, 11) is 0. The molecule has 0 saturated carbocycles. The molecule has 1 saturated heterocycles. The number of halogens is 3. The van der Waals surface area contributed by atoms with Crippen LogP contribution in [0.4, 0.5) is 13.2 Å². The first-order chi connectivity index (χ1) is 7.96. The van der Waals surface area contributed by atoms with E-state index < -0.39 is 18.2 Å². The topological polar surface area (TPSA) is 35.5 Å². The maximum absolute atomic E-state index is 12.0. The van der Waals surface area contributed by atoms with E-state index in [0.29, 0.717) is 18.6 Å². The van der Waals surface area contributed by atoms with Crippen molar-refractivity contribution in [3.05, 3.63) is 29.8 Å². The maximum Gasteiger partial charge on any atom is 0.573 e. The van der Waals surface area contributed by atoms with Crippen molar-refractivity contribution in [2.45, 2.75) is 18.7 Å². The lowest BCUT2D eigenvalue weighted by atomic mass is 9.98. The maximum atomic E-state index is 12.0. The predicted molar refractivity (Wildman–Crippen MR) is 51.4 cm³/mol. The Bertz CT molecular complexity index is 428. The van der Waals surface area contributed by atoms with Gasteiger partial charge in [0.25, 0.3) is 0 Å². The Morgan fingerprint density at radius 3 is 2.71 bits per heavy atom. The van der Waals surface area contributed by atoms with Gasteiger partial charge in [-0.1, -0.05) is 12.1 Å². The summed E-state index contributed by atoms with van der Waals surface area (Å²) in [6.45, 7) is 0.299. The second kappa shape index (κ2) is 4.27. The van der Waals surface area contributed by atoms with Crippen molar-refractivity contribution in [3.63, 3.8) is 0 Å². The molecule has 0 unspecified atom stereocenters. The molecule has 0 spiro atoms. The summed E-state index contributed by atoms with van der Waals surface area (Å²) in [5.41, 5.74) is 0.481. The Kier molecular flexibility index (Phi) is 2.95. The quantitative estimate of drug-likeness (QED) is 0.752. The van der Waals surface area contributed by atoms with Crippen LogP contribution in [0.5, 0.6) is 5.75 Å². The van der Waals surface area contributed by atoms with E-state index in [-0.39, 0.29) is 5.75 Å². The number of esters is 1. The van der Waals surface area contributed by atoms with Crippen LogP contribution >= 0.6 is 0 Å². The van der Waals surface area contributed by atoms with E-state index in [1.165, 1.54) is 18.2 Å². The molecule has 17 heavy (non-hydrogen) atoms. The first-order valence-electron chi connectivity index (χ1n) is 4.98. The second-order valence-electron chi connectivity index (χ2n) is 3.63. The van der Waals surface area contributed by atoms with Crippen LogP contribution in [0.2, 0.25) is 0 Å². The van der Waals surface area contributed by atoms with Gasteiger partial charge >= 0.3 is 12.3 Å². The third-order valence-corrected chi connectivity index (χ3v) is 2.43. The SMILES string of the molecule is O=C1OCC[C@@H]1c1cccc(OC(F)(F)F)c1. The summed E-state index contributed by atoms with van der Waals surface area (Å²) in [5, 5.41) is 0. The lowest BCUT2D eigenvalue weighted by Gasteiger charge is -2.11. The standard InChI is InChI=1S/C11H9F3O3/c12-11(13,14)17-8-3-1-2-7(6-8)9-4-5-16-10(9)15/h1-3,6,9H,4-5H2/t9-/m1/s1. The number of hydrogen-bond donors (Lipinski definition) is 0. The minimum absolute atomic E-state index is 0.299. The van der Waals surface area contributed by atoms with E-state index in [9.17, 15) is 18.0 Å². The summed E-state index contributed by atoms with van der Waals surface area (Å²) in [6, 6.07) is 5.41. The summed E-state index contributed by atoms with van der Waals surface area (Å²) >= 11 is 0. The first kappa shape index (κ1) is 11.8. The number of carbonyl (C=O) groups is 1. The van der Waals surface area contributed by atoms with Crippen LogP contribution in [-0.2, 0) is 9.53 Å². The van der Waals surface area contributed by atoms with Gasteiger partial charge in [-0.25, -0.2) is 0 Å². The molecule has 1 atom stereocenters. The molecule has 1 aromatic carbocycles. The lowest BCUT2D eigenvalue weighted by Crippen LogP contribution is -2.17. The highest BCUT2D eigenvalue weighted by Crippen LogP contribution is 2.30. The van der Waals surface area contributed by atoms with Crippen molar-refractivity contribution in [1.82, 2.24) is 0 Å². The van der Waals surface area contributed by atoms with Crippen molar-refractivity contribution in [3.8, 4) is 5.75 Å². The molecule has 3 nitrogen and oxygen atoms in total. The van der Waals surface area contributed by atoms with Gasteiger partial charge < -0.3 is 9.47 Å². The number of hydrogen-bond acceptors (Lipinski definition) is 3. The Balaban J connectivity index is 2.19. The van der Waals surface area contributed by atoms with Gasteiger partial charge in [0.2, 0.25) is 0 Å². The minimum atomic E-state index is -4.73. The van der Waals surface area contributed by atoms with Gasteiger partial charge in [-0.15, -0.1) is 13.2 Å². The van der Waals surface area contributed by atoms with Gasteiger partial charge in [-0.3, -0.25) is 4.79 Å². The van der Waals surface area contributed by atoms with Gasteiger partial charge in [0, 0.05) is 0 Å². The Hall–Kier alpha value is -1.72. The number of rotatable bonds is 2. The van der Waals surface area contributed by atoms with E-state index in [2.05, 4.69) is 4.74 Å². The third kappa shape index (κ3) is 2.89. The molecule has 1 aliphatic rings. The van der Waals surface area contributed by atoms with Crippen LogP contribution in [0.25, 0.3) is 0 Å². The molecule has 1 aliphatic heterocycles. The molecular weight excluding hydrogens is 237 g/mol. The highest BCUT2D eigenvalue weighted by Gasteiger charge is 2.32. The van der Waals surface area contributed by atoms with Crippen LogP contribution in [0.3, 0.4) is 0 Å². The Morgan fingerprint density at radius 1 is 1.35 bits per heavy atom. The number of alkyl halides is 3. The average Bonchev–Trinajstić information content (AvgIpc) is 2.62. The Labute approximate surface area is 95.1 Å². The summed E-state index contributed by atoms with van der Waals surface area (Å²) < 4.78 is 44.6. The first-order valence-corrected chi connectivity index (χ1v) is 4.98. The van der Waals surface area contributed by atoms with Gasteiger partial charge in [0.05, 0.1) is 12.5 Å². The third-order valence-electron chi connectivity index (χ3n) is 2.43. The van der Waals surface area contributed by atoms with Crippen molar-refractivity contribution in [1.29, 1.82) is 0 Å². The van der Waals surface area contributed by atoms with Gasteiger partial charge in [-0.2, -0.15) is 0 Å². The van der Waals surface area contributed by atoms with Gasteiger partial charge in [0.1, 0.15) is 5.75 Å². The van der Waals surface area contributed by atoms with E-state index >= 15 is 0 Å². The highest BCUT2D eigenvalue weighted by atomic mass is 19.4. The highest BCUT2D eigenvalue weighted by molar-refractivity contribution is 5.79. The minimum Gasteiger partial charge on any atom is -0.465 e. The molecule has 0 radical (unpaired) electrons. The number of benzene rings is 1. The van der Waals surface area contributed by atoms with Crippen molar-refractivity contribution in [2.75, 3.05) is 6.61 Å². The van der Waals surface area contributed by atoms with Crippen LogP contribution in [0, 0.1) is 0 Å². The lowest BCUT2D eigenvalue weighted by molar-refractivity contribution is -0.274. The van der Waals surface area contributed by atoms with E-state index in [4.69, 9.17) is 4.74 Å². The predicted octanol–water partition coefficient (Wildman–Crippen LogP) is 2.62. The molecule has 1 aromatic rings. The molecule has 1 fully saturated rings. The second-order valence-corrected chi connectivity index (χ2v) is 3.63. The normalized spacial score (nSPS) is 20.2. The molecule has 2 rings (SSSR count). The number of cyclic esters (lactones) is 1. The number of carbonyl (C=O) groups excluding carboxylic acids is 1. The number of ether oxygens (including phenoxy) is 2. The molecule has 92 valence electrons. The largest absolute Gasteiger partial charge is 0.573 e. The summed E-state index contributed by atoms with van der Waals surface area (Å²) in [4.78, 5) is 11.3. The van der Waals surface area contributed by atoms with E-state index in [1.54, 1.807) is 6.07 Å². The monoisotopic (exact) mass is 246 g/mol. The van der Waals surface area contributed by atoms with Crippen molar-refractivity contribution in [2.24, 2.45) is 0 Å². The van der Waals surface area contributed by atoms with Crippen LogP contribution in [-0.4, -0.2) is 18.9 Å². The van der Waals surface area contributed by atoms with Crippen molar-refractivity contribution < 1.29 is 27.4 Å². The van der Waals surface area contributed by atoms with E-state index in [1.807, 2.05) is 0 Å². The zero-order valence-corrected chi connectivity index (χ0v) is 8.66. The fourth-order valence-electron chi connectivity index (χ4n) is 1.73. The van der Waals surface area contributed by atoms with Gasteiger partial charge in [-0.05, 0) is 24.1 Å². The molecule has 6 heteroatoms. The zero-order chi connectivity index (χ0) is 12.5. The van der Waals surface area contributed by atoms with Crippen LogP contribution in [0.15, 0.2) is 24.3 Å². The van der Waals surface area contributed by atoms with Gasteiger partial charge in [0.15, 0.2) is 0 Å². The molecule has 0 amide bonds.